The van der Waals surface area contributed by atoms with Crippen LogP contribution in [0.5, 0.6) is 0 Å². The molecule has 0 fully saturated rings. The quantitative estimate of drug-likeness (QED) is 0.754. The van der Waals surface area contributed by atoms with E-state index in [2.05, 4.69) is 15.3 Å². The molecule has 120 valence electrons. The number of carbonyl (C=O) groups is 2. The zero-order chi connectivity index (χ0) is 16.9. The highest BCUT2D eigenvalue weighted by molar-refractivity contribution is 6.12. The second kappa shape index (κ2) is 6.87. The molecule has 2 heterocycles. The minimum atomic E-state index is -0.851. The van der Waals surface area contributed by atoms with E-state index in [9.17, 15) is 9.59 Å². The molecule has 0 saturated carbocycles. The lowest BCUT2D eigenvalue weighted by molar-refractivity contribution is -0.136. The van der Waals surface area contributed by atoms with Crippen molar-refractivity contribution in [1.29, 1.82) is 0 Å². The molecule has 0 aliphatic rings. The molecular weight excluding hydrogens is 306 g/mol. The van der Waals surface area contributed by atoms with Gasteiger partial charge in [0.1, 0.15) is 5.82 Å². The number of fused-ring (bicyclic) bond motifs is 1. The molecule has 0 aliphatic carbocycles. The molecule has 1 amide bonds. The number of pyridine rings is 2. The number of aliphatic carboxylic acids is 1. The van der Waals surface area contributed by atoms with E-state index in [1.54, 1.807) is 24.5 Å². The van der Waals surface area contributed by atoms with Crippen LogP contribution in [0.4, 0.5) is 5.82 Å². The number of amides is 1. The predicted octanol–water partition coefficient (Wildman–Crippen LogP) is 2.90. The molecule has 2 aromatic heterocycles. The standard InChI is InChI=1S/C18H15N3O3/c22-17(23)8-6-12-5-7-16(20-9-12)21-18(24)15-11-19-10-13-3-1-2-4-14(13)15/h1-5,7,9-11H,6,8H2,(H,22,23)(H,20,21,24). The van der Waals surface area contributed by atoms with Gasteiger partial charge in [-0.25, -0.2) is 4.98 Å². The van der Waals surface area contributed by atoms with E-state index in [-0.39, 0.29) is 12.3 Å². The number of anilines is 1. The van der Waals surface area contributed by atoms with E-state index in [1.807, 2.05) is 24.3 Å². The molecule has 3 rings (SSSR count). The summed E-state index contributed by atoms with van der Waals surface area (Å²) >= 11 is 0. The lowest BCUT2D eigenvalue weighted by Crippen LogP contribution is -2.13. The Balaban J connectivity index is 1.75. The average Bonchev–Trinajstić information content (AvgIpc) is 2.60. The van der Waals surface area contributed by atoms with Crippen LogP contribution >= 0.6 is 0 Å². The molecule has 0 unspecified atom stereocenters. The van der Waals surface area contributed by atoms with Gasteiger partial charge in [0.15, 0.2) is 0 Å². The van der Waals surface area contributed by atoms with Crippen LogP contribution in [0.15, 0.2) is 55.0 Å². The van der Waals surface area contributed by atoms with Crippen molar-refractivity contribution in [2.24, 2.45) is 0 Å². The second-order valence-corrected chi connectivity index (χ2v) is 5.31. The van der Waals surface area contributed by atoms with Crippen LogP contribution in [-0.2, 0) is 11.2 Å². The zero-order valence-corrected chi connectivity index (χ0v) is 12.8. The van der Waals surface area contributed by atoms with Crippen molar-refractivity contribution in [2.45, 2.75) is 12.8 Å². The van der Waals surface area contributed by atoms with Gasteiger partial charge in [-0.1, -0.05) is 30.3 Å². The van der Waals surface area contributed by atoms with Crippen molar-refractivity contribution in [1.82, 2.24) is 9.97 Å². The van der Waals surface area contributed by atoms with Gasteiger partial charge in [-0.3, -0.25) is 14.6 Å². The summed E-state index contributed by atoms with van der Waals surface area (Å²) in [5.74, 6) is -0.729. The van der Waals surface area contributed by atoms with Crippen LogP contribution in [0, 0.1) is 0 Å². The molecule has 6 heteroatoms. The third-order valence-corrected chi connectivity index (χ3v) is 3.61. The lowest BCUT2D eigenvalue weighted by atomic mass is 10.1. The molecule has 6 nitrogen and oxygen atoms in total. The van der Waals surface area contributed by atoms with Crippen molar-refractivity contribution < 1.29 is 14.7 Å². The van der Waals surface area contributed by atoms with Gasteiger partial charge in [0.05, 0.1) is 5.56 Å². The topological polar surface area (TPSA) is 92.2 Å². The van der Waals surface area contributed by atoms with Crippen molar-refractivity contribution >= 4 is 28.5 Å². The van der Waals surface area contributed by atoms with Gasteiger partial charge in [0, 0.05) is 30.4 Å². The molecule has 2 N–H and O–H groups in total. The van der Waals surface area contributed by atoms with E-state index in [4.69, 9.17) is 5.11 Å². The first-order chi connectivity index (χ1) is 11.6. The number of rotatable bonds is 5. The highest BCUT2D eigenvalue weighted by Gasteiger charge is 2.11. The Morgan fingerprint density at radius 3 is 2.62 bits per heavy atom. The summed E-state index contributed by atoms with van der Waals surface area (Å²) in [5.41, 5.74) is 1.28. The van der Waals surface area contributed by atoms with E-state index in [1.165, 1.54) is 6.20 Å². The van der Waals surface area contributed by atoms with E-state index in [0.29, 0.717) is 17.8 Å². The van der Waals surface area contributed by atoms with Gasteiger partial charge in [0.25, 0.3) is 5.91 Å². The normalized spacial score (nSPS) is 10.5. The smallest absolute Gasteiger partial charge is 0.303 e. The second-order valence-electron chi connectivity index (χ2n) is 5.31. The van der Waals surface area contributed by atoms with Crippen LogP contribution in [-0.4, -0.2) is 27.0 Å². The van der Waals surface area contributed by atoms with Gasteiger partial charge in [-0.2, -0.15) is 0 Å². The monoisotopic (exact) mass is 321 g/mol. The fraction of sp³-hybridized carbons (Fsp3) is 0.111. The van der Waals surface area contributed by atoms with E-state index < -0.39 is 5.97 Å². The molecule has 0 atom stereocenters. The van der Waals surface area contributed by atoms with Gasteiger partial charge < -0.3 is 10.4 Å². The minimum absolute atomic E-state index is 0.0507. The van der Waals surface area contributed by atoms with Crippen molar-refractivity contribution in [3.63, 3.8) is 0 Å². The van der Waals surface area contributed by atoms with Gasteiger partial charge >= 0.3 is 5.97 Å². The SMILES string of the molecule is O=C(O)CCc1ccc(NC(=O)c2cncc3ccccc23)nc1. The Morgan fingerprint density at radius 1 is 1.04 bits per heavy atom. The number of carboxylic acid groups (broad SMARTS) is 1. The van der Waals surface area contributed by atoms with E-state index in [0.717, 1.165) is 16.3 Å². The van der Waals surface area contributed by atoms with Crippen molar-refractivity contribution in [2.75, 3.05) is 5.32 Å². The van der Waals surface area contributed by atoms with Crippen LogP contribution in [0.3, 0.4) is 0 Å². The minimum Gasteiger partial charge on any atom is -0.481 e. The number of nitrogens with one attached hydrogen (secondary N) is 1. The Hall–Kier alpha value is -3.28. The largest absolute Gasteiger partial charge is 0.481 e. The zero-order valence-electron chi connectivity index (χ0n) is 12.8. The number of nitrogens with zero attached hydrogens (tertiary/aromatic N) is 2. The number of aromatic nitrogens is 2. The number of benzene rings is 1. The summed E-state index contributed by atoms with van der Waals surface area (Å²) in [4.78, 5) is 31.3. The molecule has 3 aromatic rings. The van der Waals surface area contributed by atoms with Crippen molar-refractivity contribution in [3.8, 4) is 0 Å². The molecule has 0 radical (unpaired) electrons. The summed E-state index contributed by atoms with van der Waals surface area (Å²) in [7, 11) is 0. The molecule has 0 spiro atoms. The fourth-order valence-electron chi connectivity index (χ4n) is 2.38. The predicted molar refractivity (Wildman–Crippen MR) is 89.9 cm³/mol. The first kappa shape index (κ1) is 15.6. The summed E-state index contributed by atoms with van der Waals surface area (Å²) in [5, 5.41) is 13.1. The maximum Gasteiger partial charge on any atom is 0.303 e. The molecular formula is C18H15N3O3. The van der Waals surface area contributed by atoms with E-state index >= 15 is 0 Å². The third kappa shape index (κ3) is 3.55. The van der Waals surface area contributed by atoms with Crippen LogP contribution in [0.1, 0.15) is 22.3 Å². The van der Waals surface area contributed by atoms with Gasteiger partial charge in [-0.05, 0) is 23.4 Å². The molecule has 0 bridgehead atoms. The molecule has 24 heavy (non-hydrogen) atoms. The number of carbonyl (C=O) groups excluding carboxylic acids is 1. The Morgan fingerprint density at radius 2 is 1.88 bits per heavy atom. The molecule has 0 aliphatic heterocycles. The molecule has 1 aromatic carbocycles. The first-order valence-corrected chi connectivity index (χ1v) is 7.44. The molecule has 0 saturated heterocycles. The summed E-state index contributed by atoms with van der Waals surface area (Å²) in [6.07, 6.45) is 5.26. The Kier molecular flexibility index (Phi) is 4.47. The number of hydrogen-bond donors (Lipinski definition) is 2. The van der Waals surface area contributed by atoms with Crippen LogP contribution in [0.25, 0.3) is 10.8 Å². The average molecular weight is 321 g/mol. The first-order valence-electron chi connectivity index (χ1n) is 7.44. The van der Waals surface area contributed by atoms with Crippen molar-refractivity contribution in [3.05, 3.63) is 66.1 Å². The number of carboxylic acids is 1. The van der Waals surface area contributed by atoms with Crippen LogP contribution < -0.4 is 5.32 Å². The highest BCUT2D eigenvalue weighted by Crippen LogP contribution is 2.18. The summed E-state index contributed by atoms with van der Waals surface area (Å²) in [6, 6.07) is 10.9. The van der Waals surface area contributed by atoms with Crippen LogP contribution in [0.2, 0.25) is 0 Å². The number of aryl methyl sites for hydroxylation is 1. The fourth-order valence-corrected chi connectivity index (χ4v) is 2.38. The number of hydrogen-bond acceptors (Lipinski definition) is 4. The summed E-state index contributed by atoms with van der Waals surface area (Å²) < 4.78 is 0. The Bertz CT molecular complexity index is 886. The maximum absolute atomic E-state index is 12.5. The lowest BCUT2D eigenvalue weighted by Gasteiger charge is -2.07. The maximum atomic E-state index is 12.5. The van der Waals surface area contributed by atoms with Gasteiger partial charge in [0.2, 0.25) is 0 Å². The summed E-state index contributed by atoms with van der Waals surface area (Å²) in [6.45, 7) is 0. The van der Waals surface area contributed by atoms with Gasteiger partial charge in [-0.15, -0.1) is 0 Å². The third-order valence-electron chi connectivity index (χ3n) is 3.61. The Labute approximate surface area is 138 Å². The highest BCUT2D eigenvalue weighted by atomic mass is 16.4.